The minimum atomic E-state index is -3.68. The van der Waals surface area contributed by atoms with Gasteiger partial charge in [0.05, 0.1) is 17.9 Å². The zero-order valence-electron chi connectivity index (χ0n) is 24.1. The maximum absolute atomic E-state index is 12.3. The predicted molar refractivity (Wildman–Crippen MR) is 172 cm³/mol. The normalized spacial score (nSPS) is 12.3. The number of carbonyl (C=O) groups is 1. The Balaban J connectivity index is 1.25. The maximum Gasteiger partial charge on any atom is 0.264 e. The van der Waals surface area contributed by atoms with Crippen molar-refractivity contribution in [3.63, 3.8) is 0 Å². The molecule has 2 N–H and O–H groups in total. The van der Waals surface area contributed by atoms with Crippen LogP contribution < -0.4 is 9.46 Å². The number of nitrogens with one attached hydrogen (secondary N) is 1. The summed E-state index contributed by atoms with van der Waals surface area (Å²) in [5, 5.41) is 12.2. The van der Waals surface area contributed by atoms with Gasteiger partial charge in [-0.05, 0) is 71.6 Å². The van der Waals surface area contributed by atoms with Crippen LogP contribution in [-0.4, -0.2) is 48.7 Å². The lowest BCUT2D eigenvalue weighted by Gasteiger charge is -2.25. The number of aliphatic hydroxyl groups excluding tert-OH is 1. The zero-order chi connectivity index (χ0) is 31.1. The quantitative estimate of drug-likeness (QED) is 0.170. The Morgan fingerprint density at radius 1 is 0.955 bits per heavy atom. The van der Waals surface area contributed by atoms with E-state index in [2.05, 4.69) is 22.0 Å². The van der Waals surface area contributed by atoms with Crippen molar-refractivity contribution < 1.29 is 23.1 Å². The van der Waals surface area contributed by atoms with E-state index in [0.717, 1.165) is 30.3 Å². The molecule has 1 amide bonds. The molecule has 0 aliphatic rings. The first-order valence-corrected chi connectivity index (χ1v) is 16.3. The van der Waals surface area contributed by atoms with Gasteiger partial charge in [0, 0.05) is 41.8 Å². The Morgan fingerprint density at radius 3 is 2.45 bits per heavy atom. The Morgan fingerprint density at radius 2 is 1.73 bits per heavy atom. The standard InChI is InChI=1S/C34H32ClN3O5S/c1-44(41,42)37-34(40)27-12-15-30-31(21-27)36-18-16-33(30)43-29-13-10-24(11-14-29)17-19-38(22-25-6-3-2-4-7-25)23-32(39)26-8-5-9-28(35)20-26/h2-16,18,20-21,32,39H,17,19,22-23H2,1H3,(H,37,40)/t32-/m1/s1. The summed E-state index contributed by atoms with van der Waals surface area (Å²) >= 11 is 6.15. The molecule has 44 heavy (non-hydrogen) atoms. The van der Waals surface area contributed by atoms with Gasteiger partial charge in [-0.2, -0.15) is 0 Å². The number of aromatic nitrogens is 1. The van der Waals surface area contributed by atoms with Gasteiger partial charge in [0.15, 0.2) is 0 Å². The average molecular weight is 630 g/mol. The van der Waals surface area contributed by atoms with Crippen LogP contribution in [0.2, 0.25) is 5.02 Å². The summed E-state index contributed by atoms with van der Waals surface area (Å²) < 4.78 is 31.0. The number of sulfonamides is 1. The van der Waals surface area contributed by atoms with Crippen LogP contribution in [0, 0.1) is 0 Å². The summed E-state index contributed by atoms with van der Waals surface area (Å²) in [5.41, 5.74) is 3.75. The second-order valence-corrected chi connectivity index (χ2v) is 12.7. The summed E-state index contributed by atoms with van der Waals surface area (Å²) in [4.78, 5) is 18.8. The molecule has 8 nitrogen and oxygen atoms in total. The molecule has 0 bridgehead atoms. The van der Waals surface area contributed by atoms with E-state index in [1.165, 1.54) is 17.7 Å². The molecular weight excluding hydrogens is 598 g/mol. The van der Waals surface area contributed by atoms with E-state index in [1.54, 1.807) is 30.5 Å². The van der Waals surface area contributed by atoms with Crippen molar-refractivity contribution in [2.24, 2.45) is 0 Å². The third-order valence-corrected chi connectivity index (χ3v) is 7.82. The van der Waals surface area contributed by atoms with Crippen molar-refractivity contribution >= 4 is 38.4 Å². The van der Waals surface area contributed by atoms with Crippen molar-refractivity contribution in [2.75, 3.05) is 19.3 Å². The number of amides is 1. The lowest BCUT2D eigenvalue weighted by Crippen LogP contribution is -2.30. The molecule has 0 radical (unpaired) electrons. The van der Waals surface area contributed by atoms with Crippen LogP contribution in [0.25, 0.3) is 10.9 Å². The molecule has 5 aromatic rings. The van der Waals surface area contributed by atoms with Crippen LogP contribution in [0.15, 0.2) is 109 Å². The van der Waals surface area contributed by atoms with Crippen LogP contribution in [0.4, 0.5) is 0 Å². The molecule has 0 fully saturated rings. The van der Waals surface area contributed by atoms with Crippen molar-refractivity contribution in [1.82, 2.24) is 14.6 Å². The van der Waals surface area contributed by atoms with E-state index in [4.69, 9.17) is 16.3 Å². The Bertz CT molecular complexity index is 1850. The smallest absolute Gasteiger partial charge is 0.264 e. The number of aliphatic hydroxyl groups is 1. The van der Waals surface area contributed by atoms with Gasteiger partial charge in [-0.15, -0.1) is 0 Å². The third-order valence-electron chi connectivity index (χ3n) is 7.02. The number of halogens is 1. The number of nitrogens with zero attached hydrogens (tertiary/aromatic N) is 2. The molecule has 1 atom stereocenters. The summed E-state index contributed by atoms with van der Waals surface area (Å²) in [6.07, 6.45) is 2.60. The fraction of sp³-hybridized carbons (Fsp3) is 0.176. The van der Waals surface area contributed by atoms with Gasteiger partial charge in [0.25, 0.3) is 5.91 Å². The molecule has 0 spiro atoms. The first kappa shape index (κ1) is 31.2. The molecule has 0 saturated carbocycles. The summed E-state index contributed by atoms with van der Waals surface area (Å²) in [6, 6.07) is 31.8. The fourth-order valence-electron chi connectivity index (χ4n) is 4.86. The molecule has 226 valence electrons. The number of ether oxygens (including phenoxy) is 1. The molecule has 4 aromatic carbocycles. The highest BCUT2D eigenvalue weighted by atomic mass is 35.5. The van der Waals surface area contributed by atoms with Crippen molar-refractivity contribution in [3.8, 4) is 11.5 Å². The van der Waals surface area contributed by atoms with Crippen LogP contribution >= 0.6 is 11.6 Å². The lowest BCUT2D eigenvalue weighted by molar-refractivity contribution is 0.0981. The van der Waals surface area contributed by atoms with Gasteiger partial charge in [0.2, 0.25) is 10.0 Å². The van der Waals surface area contributed by atoms with Gasteiger partial charge in [-0.25, -0.2) is 13.1 Å². The molecule has 0 aliphatic heterocycles. The van der Waals surface area contributed by atoms with E-state index >= 15 is 0 Å². The van der Waals surface area contributed by atoms with Crippen molar-refractivity contribution in [2.45, 2.75) is 19.1 Å². The number of rotatable bonds is 12. The molecule has 0 saturated heterocycles. The molecule has 0 aliphatic carbocycles. The van der Waals surface area contributed by atoms with Gasteiger partial charge >= 0.3 is 0 Å². The topological polar surface area (TPSA) is 109 Å². The van der Waals surface area contributed by atoms with Crippen LogP contribution in [-0.2, 0) is 23.0 Å². The minimum absolute atomic E-state index is 0.179. The van der Waals surface area contributed by atoms with Gasteiger partial charge in [-0.1, -0.05) is 66.2 Å². The van der Waals surface area contributed by atoms with E-state index < -0.39 is 22.0 Å². The monoisotopic (exact) mass is 629 g/mol. The third kappa shape index (κ3) is 8.64. The number of hydrogen-bond donors (Lipinski definition) is 2. The molecule has 1 aromatic heterocycles. The maximum atomic E-state index is 12.3. The molecule has 0 unspecified atom stereocenters. The fourth-order valence-corrected chi connectivity index (χ4v) is 5.51. The van der Waals surface area contributed by atoms with Gasteiger partial charge in [0.1, 0.15) is 11.5 Å². The zero-order valence-corrected chi connectivity index (χ0v) is 25.6. The Labute approximate surface area is 262 Å². The van der Waals surface area contributed by atoms with Crippen LogP contribution in [0.3, 0.4) is 0 Å². The van der Waals surface area contributed by atoms with E-state index in [1.807, 2.05) is 59.3 Å². The van der Waals surface area contributed by atoms with Crippen LogP contribution in [0.5, 0.6) is 11.5 Å². The summed E-state index contributed by atoms with van der Waals surface area (Å²) in [5.74, 6) is 0.471. The highest BCUT2D eigenvalue weighted by Crippen LogP contribution is 2.30. The highest BCUT2D eigenvalue weighted by Gasteiger charge is 2.16. The molecule has 10 heteroatoms. The minimum Gasteiger partial charge on any atom is -0.457 e. The lowest BCUT2D eigenvalue weighted by atomic mass is 10.1. The average Bonchev–Trinajstić information content (AvgIpc) is 3.00. The summed E-state index contributed by atoms with van der Waals surface area (Å²) in [7, 11) is -3.68. The largest absolute Gasteiger partial charge is 0.457 e. The number of pyridine rings is 1. The number of fused-ring (bicyclic) bond motifs is 1. The second kappa shape index (κ2) is 14.0. The number of benzene rings is 4. The molecule has 5 rings (SSSR count). The second-order valence-electron chi connectivity index (χ2n) is 10.5. The van der Waals surface area contributed by atoms with Gasteiger partial charge in [-0.3, -0.25) is 14.7 Å². The van der Waals surface area contributed by atoms with Gasteiger partial charge < -0.3 is 9.84 Å². The van der Waals surface area contributed by atoms with Crippen LogP contribution in [0.1, 0.15) is 33.2 Å². The number of hydrogen-bond acceptors (Lipinski definition) is 7. The molecular formula is C34H32ClN3O5S. The summed E-state index contributed by atoms with van der Waals surface area (Å²) in [6.45, 7) is 1.90. The number of carbonyl (C=O) groups excluding carboxylic acids is 1. The van der Waals surface area contributed by atoms with E-state index in [-0.39, 0.29) is 5.56 Å². The van der Waals surface area contributed by atoms with E-state index in [0.29, 0.717) is 40.5 Å². The van der Waals surface area contributed by atoms with Crippen molar-refractivity contribution in [1.29, 1.82) is 0 Å². The first-order valence-electron chi connectivity index (χ1n) is 14.0. The SMILES string of the molecule is CS(=O)(=O)NC(=O)c1ccc2c(Oc3ccc(CCN(Cc4ccccc4)C[C@@H](O)c4cccc(Cl)c4)cc3)ccnc2c1. The highest BCUT2D eigenvalue weighted by molar-refractivity contribution is 7.89. The van der Waals surface area contributed by atoms with Crippen molar-refractivity contribution in [3.05, 3.63) is 137 Å². The van der Waals surface area contributed by atoms with E-state index in [9.17, 15) is 18.3 Å². The molecule has 1 heterocycles. The predicted octanol–water partition coefficient (Wildman–Crippen LogP) is 6.15. The first-order chi connectivity index (χ1) is 21.1. The Kier molecular flexibility index (Phi) is 9.92. The Hall–Kier alpha value is -4.28.